The van der Waals surface area contributed by atoms with Crippen molar-refractivity contribution in [3.8, 4) is 23.0 Å². The number of piperidine rings is 2. The number of benzene rings is 2. The molecule has 0 aromatic heterocycles. The lowest BCUT2D eigenvalue weighted by Gasteiger charge is -2.56. The molecule has 4 aliphatic carbocycles. The molecule has 2 heterocycles. The molecule has 12 heteroatoms. The smallest absolute Gasteiger partial charge is 0.197 e. The molecule has 2 saturated heterocycles. The Labute approximate surface area is 330 Å². The summed E-state index contributed by atoms with van der Waals surface area (Å²) in [6.45, 7) is 3.99. The molecule has 0 unspecified atom stereocenters. The monoisotopic (exact) mass is 772 g/mol. The fourth-order valence-electron chi connectivity index (χ4n) is 11.0. The van der Waals surface area contributed by atoms with Crippen LogP contribution >= 0.6 is 0 Å². The molecule has 2 aliphatic heterocycles. The molecule has 6 aliphatic rings. The van der Waals surface area contributed by atoms with Crippen LogP contribution in [0.15, 0.2) is 47.9 Å². The number of allylic oxidation sites excluding steroid dienone is 2. The van der Waals surface area contributed by atoms with E-state index in [1.807, 2.05) is 12.1 Å². The molecule has 302 valence electrons. The van der Waals surface area contributed by atoms with Gasteiger partial charge in [0.15, 0.2) is 46.1 Å². The van der Waals surface area contributed by atoms with E-state index in [4.69, 9.17) is 37.9 Å². The zero-order valence-electron chi connectivity index (χ0n) is 33.6. The van der Waals surface area contributed by atoms with E-state index in [9.17, 15) is 9.59 Å². The van der Waals surface area contributed by atoms with E-state index < -0.39 is 0 Å². The van der Waals surface area contributed by atoms with Gasteiger partial charge >= 0.3 is 0 Å². The predicted octanol–water partition coefficient (Wildman–Crippen LogP) is 4.43. The summed E-state index contributed by atoms with van der Waals surface area (Å²) in [6.07, 6.45) is 8.33. The van der Waals surface area contributed by atoms with Gasteiger partial charge in [-0.05, 0) is 88.3 Å². The average molecular weight is 773 g/mol. The number of likely N-dealkylation sites (N-methyl/N-ethyl adjacent to an activating group) is 2. The van der Waals surface area contributed by atoms with Gasteiger partial charge in [-0.15, -0.1) is 0 Å². The molecule has 0 amide bonds. The Morgan fingerprint density at radius 2 is 1.00 bits per heavy atom. The number of ketones is 2. The molecule has 8 rings (SSSR count). The number of Topliss-reactive ketones (excluding diaryl/α,β-unsaturated/α-hetero) is 2. The van der Waals surface area contributed by atoms with Gasteiger partial charge in [-0.1, -0.05) is 12.1 Å². The summed E-state index contributed by atoms with van der Waals surface area (Å²) in [5, 5.41) is 0. The lowest BCUT2D eigenvalue weighted by Crippen LogP contribution is -2.60. The summed E-state index contributed by atoms with van der Waals surface area (Å²) in [5.74, 6) is 4.03. The largest absolute Gasteiger partial charge is 0.493 e. The Bertz CT molecular complexity index is 1770. The minimum Gasteiger partial charge on any atom is -0.493 e. The molecule has 2 aromatic carbocycles. The normalized spacial score (nSPS) is 29.2. The second-order valence-corrected chi connectivity index (χ2v) is 16.2. The highest BCUT2D eigenvalue weighted by Gasteiger charge is 2.58. The maximum Gasteiger partial charge on any atom is 0.197 e. The van der Waals surface area contributed by atoms with Crippen LogP contribution < -0.4 is 18.9 Å². The Morgan fingerprint density at radius 1 is 0.589 bits per heavy atom. The molecular formula is C44H56N2O10. The van der Waals surface area contributed by atoms with Crippen molar-refractivity contribution in [1.29, 1.82) is 0 Å². The van der Waals surface area contributed by atoms with Crippen molar-refractivity contribution in [3.05, 3.63) is 70.2 Å². The Balaban J connectivity index is 0.872. The van der Waals surface area contributed by atoms with Crippen LogP contribution in [0.4, 0.5) is 0 Å². The van der Waals surface area contributed by atoms with Crippen LogP contribution in [0.1, 0.15) is 47.9 Å². The first-order valence-electron chi connectivity index (χ1n) is 20.0. The van der Waals surface area contributed by atoms with E-state index >= 15 is 0 Å². The van der Waals surface area contributed by atoms with Crippen molar-refractivity contribution in [2.45, 2.75) is 61.4 Å². The van der Waals surface area contributed by atoms with Crippen molar-refractivity contribution in [2.75, 3.05) is 95.3 Å². The number of fused-ring (bicyclic) bond motifs is 2. The Kier molecular flexibility index (Phi) is 10.9. The third-order valence-electron chi connectivity index (χ3n) is 13.7. The summed E-state index contributed by atoms with van der Waals surface area (Å²) in [7, 11) is 10.8. The van der Waals surface area contributed by atoms with Gasteiger partial charge in [0.25, 0.3) is 0 Å². The SMILES string of the molecule is COC1=C[C@@H]2[C@@H]3Cc4ccc(OC)c(OCCOCCOCCOc5c(OC)ccc6c5[C@@]57CCN(C)[C@@H](C6)[C@H]5C=C(OC)C(=O)C7)c4[C@]2(CCN3C)CC1=O. The molecule has 0 spiro atoms. The first-order valence-corrected chi connectivity index (χ1v) is 20.0. The van der Waals surface area contributed by atoms with Gasteiger partial charge in [0.1, 0.15) is 13.2 Å². The zero-order chi connectivity index (χ0) is 39.2. The fourth-order valence-corrected chi connectivity index (χ4v) is 11.0. The fraction of sp³-hybridized carbons (Fsp3) is 0.591. The molecule has 2 fully saturated rings. The molecular weight excluding hydrogens is 716 g/mol. The second-order valence-electron chi connectivity index (χ2n) is 16.2. The Morgan fingerprint density at radius 3 is 1.39 bits per heavy atom. The van der Waals surface area contributed by atoms with Crippen molar-refractivity contribution < 1.29 is 47.5 Å². The lowest BCUT2D eigenvalue weighted by molar-refractivity contribution is -0.123. The van der Waals surface area contributed by atoms with Gasteiger partial charge in [0, 0.05) is 58.7 Å². The molecule has 0 saturated carbocycles. The molecule has 2 aromatic rings. The minimum absolute atomic E-state index is 0.0348. The average Bonchev–Trinajstić information content (AvgIpc) is 3.20. The summed E-state index contributed by atoms with van der Waals surface area (Å²) in [5.41, 5.74) is 3.87. The standard InChI is InChI=1S/C44H56N2O10/c1-45-13-11-43-25-33(47)37(51-5)23-29(43)31(45)21-27-7-9-35(49-3)41(39(27)43)55-19-17-53-15-16-54-18-20-56-42-36(50-4)10-8-28-22-32-30-24-38(52-6)34(48)26-44(30,40(28)42)12-14-46(32)2/h7-10,23-24,29-32H,11-22,25-26H2,1-6H3/t29-,30-,31+,32+,43-,44-/m1/s1. The summed E-state index contributed by atoms with van der Waals surface area (Å²) < 4.78 is 47.6. The van der Waals surface area contributed by atoms with Crippen LogP contribution in [-0.2, 0) is 52.2 Å². The third kappa shape index (κ3) is 6.37. The van der Waals surface area contributed by atoms with Crippen molar-refractivity contribution in [3.63, 3.8) is 0 Å². The summed E-state index contributed by atoms with van der Waals surface area (Å²) in [4.78, 5) is 31.4. The number of hydrogen-bond donors (Lipinski definition) is 0. The minimum atomic E-state index is -0.372. The van der Waals surface area contributed by atoms with Crippen molar-refractivity contribution in [2.24, 2.45) is 11.8 Å². The summed E-state index contributed by atoms with van der Waals surface area (Å²) >= 11 is 0. The quantitative estimate of drug-likeness (QED) is 0.239. The summed E-state index contributed by atoms with van der Waals surface area (Å²) in [6, 6.07) is 8.79. The van der Waals surface area contributed by atoms with E-state index in [2.05, 4.69) is 48.2 Å². The molecule has 6 atom stereocenters. The molecule has 56 heavy (non-hydrogen) atoms. The van der Waals surface area contributed by atoms with E-state index in [-0.39, 0.29) is 46.3 Å². The maximum atomic E-state index is 13.3. The number of ether oxygens (including phenoxy) is 8. The van der Waals surface area contributed by atoms with Crippen molar-refractivity contribution >= 4 is 11.6 Å². The first kappa shape index (κ1) is 38.8. The zero-order valence-corrected chi connectivity index (χ0v) is 33.6. The third-order valence-corrected chi connectivity index (χ3v) is 13.7. The van der Waals surface area contributed by atoms with E-state index in [0.717, 1.165) is 49.9 Å². The first-order chi connectivity index (χ1) is 27.2. The number of carbonyl (C=O) groups excluding carboxylic acids is 2. The lowest BCUT2D eigenvalue weighted by atomic mass is 9.53. The molecule has 4 bridgehead atoms. The topological polar surface area (TPSA) is 114 Å². The van der Waals surface area contributed by atoms with Gasteiger partial charge < -0.3 is 47.7 Å². The highest BCUT2D eigenvalue weighted by atomic mass is 16.6. The number of hydrogen-bond acceptors (Lipinski definition) is 12. The van der Waals surface area contributed by atoms with Crippen LogP contribution in [-0.4, -0.2) is 129 Å². The number of carbonyl (C=O) groups is 2. The van der Waals surface area contributed by atoms with E-state index in [0.29, 0.717) is 87.0 Å². The number of rotatable bonds is 15. The Hall–Kier alpha value is -4.10. The van der Waals surface area contributed by atoms with Gasteiger partial charge in [-0.3, -0.25) is 9.59 Å². The van der Waals surface area contributed by atoms with Crippen LogP contribution in [0.3, 0.4) is 0 Å². The van der Waals surface area contributed by atoms with Gasteiger partial charge in [0.05, 0.1) is 54.9 Å². The molecule has 0 radical (unpaired) electrons. The highest BCUT2D eigenvalue weighted by molar-refractivity contribution is 5.97. The number of likely N-dealkylation sites (tertiary alicyclic amines) is 2. The van der Waals surface area contributed by atoms with Gasteiger partial charge in [0.2, 0.25) is 0 Å². The number of nitrogens with zero attached hydrogens (tertiary/aromatic N) is 2. The van der Waals surface area contributed by atoms with Gasteiger partial charge in [-0.25, -0.2) is 0 Å². The van der Waals surface area contributed by atoms with Crippen LogP contribution in [0.25, 0.3) is 0 Å². The van der Waals surface area contributed by atoms with E-state index in [1.54, 1.807) is 28.4 Å². The van der Waals surface area contributed by atoms with Gasteiger partial charge in [-0.2, -0.15) is 0 Å². The van der Waals surface area contributed by atoms with Crippen molar-refractivity contribution in [1.82, 2.24) is 9.80 Å². The van der Waals surface area contributed by atoms with Crippen LogP contribution in [0.2, 0.25) is 0 Å². The highest BCUT2D eigenvalue weighted by Crippen LogP contribution is 2.59. The van der Waals surface area contributed by atoms with Crippen LogP contribution in [0, 0.1) is 11.8 Å². The number of methoxy groups -OCH3 is 4. The van der Waals surface area contributed by atoms with Crippen LogP contribution in [0.5, 0.6) is 23.0 Å². The molecule has 12 nitrogen and oxygen atoms in total. The van der Waals surface area contributed by atoms with E-state index in [1.165, 1.54) is 11.1 Å². The predicted molar refractivity (Wildman–Crippen MR) is 208 cm³/mol. The maximum absolute atomic E-state index is 13.3. The molecule has 0 N–H and O–H groups in total. The second kappa shape index (κ2) is 15.7.